The summed E-state index contributed by atoms with van der Waals surface area (Å²) < 4.78 is 16.8. The number of amidine groups is 1. The summed E-state index contributed by atoms with van der Waals surface area (Å²) in [6, 6.07) is 15.3. The smallest absolute Gasteiger partial charge is 0.266 e. The molecule has 2 aromatic carbocycles. The predicted molar refractivity (Wildman–Crippen MR) is 126 cm³/mol. The van der Waals surface area contributed by atoms with E-state index in [0.717, 1.165) is 17.7 Å². The fourth-order valence-electron chi connectivity index (χ4n) is 2.94. The molecule has 2 aromatic rings. The van der Waals surface area contributed by atoms with Crippen LogP contribution in [0.3, 0.4) is 0 Å². The van der Waals surface area contributed by atoms with E-state index in [1.807, 2.05) is 61.5 Å². The van der Waals surface area contributed by atoms with Crippen molar-refractivity contribution in [1.29, 1.82) is 0 Å². The van der Waals surface area contributed by atoms with Crippen LogP contribution in [0.15, 0.2) is 58.4 Å². The molecule has 1 atom stereocenters. The van der Waals surface area contributed by atoms with Crippen LogP contribution in [0.1, 0.15) is 25.8 Å². The van der Waals surface area contributed by atoms with Gasteiger partial charge in [0.15, 0.2) is 16.7 Å². The fourth-order valence-corrected chi connectivity index (χ4v) is 3.96. The van der Waals surface area contributed by atoms with E-state index in [-0.39, 0.29) is 12.0 Å². The maximum atomic E-state index is 13.2. The van der Waals surface area contributed by atoms with Crippen LogP contribution in [-0.4, -0.2) is 49.4 Å². The molecule has 0 N–H and O–H groups in total. The number of benzene rings is 2. The molecular formula is C24H28N2O4S. The van der Waals surface area contributed by atoms with Crippen LogP contribution in [0.25, 0.3) is 6.08 Å². The number of carbonyl (C=O) groups is 1. The van der Waals surface area contributed by atoms with E-state index in [1.165, 1.54) is 11.8 Å². The molecule has 1 amide bonds. The van der Waals surface area contributed by atoms with E-state index >= 15 is 0 Å². The van der Waals surface area contributed by atoms with Gasteiger partial charge in [0.25, 0.3) is 5.91 Å². The summed E-state index contributed by atoms with van der Waals surface area (Å²) in [4.78, 5) is 20.1. The highest BCUT2D eigenvalue weighted by atomic mass is 32.2. The summed E-state index contributed by atoms with van der Waals surface area (Å²) >= 11 is 1.35. The van der Waals surface area contributed by atoms with Gasteiger partial charge in [0.1, 0.15) is 0 Å². The summed E-state index contributed by atoms with van der Waals surface area (Å²) in [7, 11) is 3.23. The van der Waals surface area contributed by atoms with Gasteiger partial charge in [-0.3, -0.25) is 9.69 Å². The summed E-state index contributed by atoms with van der Waals surface area (Å²) in [5, 5.41) is 0.631. The van der Waals surface area contributed by atoms with Gasteiger partial charge in [0, 0.05) is 12.7 Å². The number of methoxy groups -OCH3 is 2. The Bertz CT molecular complexity index is 959. The maximum absolute atomic E-state index is 13.2. The molecule has 1 saturated heterocycles. The number of carbonyl (C=O) groups excluding carboxylic acids is 1. The number of aliphatic imine (C=N–C) groups is 1. The van der Waals surface area contributed by atoms with Crippen molar-refractivity contribution in [3.63, 3.8) is 0 Å². The molecule has 0 spiro atoms. The molecule has 6 nitrogen and oxygen atoms in total. The molecule has 1 aliphatic rings. The standard InChI is InChI=1S/C24H28N2O4S/c1-5-17(2)30-22-18(10-9-13-20(22)29-4)16-21-23(27)26(14-15-28-3)24(31-21)25-19-11-7-6-8-12-19/h6-13,16-17H,5,14-15H2,1-4H3/b21-16-,25-24?/t17-/m1/s1. The van der Waals surface area contributed by atoms with Crippen LogP contribution in [-0.2, 0) is 9.53 Å². The average Bonchev–Trinajstić information content (AvgIpc) is 3.07. The Morgan fingerprint density at radius 3 is 2.58 bits per heavy atom. The molecule has 0 unspecified atom stereocenters. The molecule has 0 aromatic heterocycles. The third-order valence-corrected chi connectivity index (χ3v) is 5.80. The van der Waals surface area contributed by atoms with Crippen LogP contribution in [0.2, 0.25) is 0 Å². The second-order valence-electron chi connectivity index (χ2n) is 7.01. The van der Waals surface area contributed by atoms with Gasteiger partial charge >= 0.3 is 0 Å². The van der Waals surface area contributed by atoms with Crippen molar-refractivity contribution >= 4 is 34.6 Å². The Morgan fingerprint density at radius 1 is 1.13 bits per heavy atom. The zero-order chi connectivity index (χ0) is 22.2. The van der Waals surface area contributed by atoms with Gasteiger partial charge in [0.2, 0.25) is 0 Å². The molecule has 1 fully saturated rings. The second kappa shape index (κ2) is 11.0. The van der Waals surface area contributed by atoms with Crippen LogP contribution in [0, 0.1) is 0 Å². The van der Waals surface area contributed by atoms with E-state index in [0.29, 0.717) is 34.7 Å². The van der Waals surface area contributed by atoms with Crippen LogP contribution in [0.5, 0.6) is 11.5 Å². The molecule has 1 heterocycles. The van der Waals surface area contributed by atoms with Gasteiger partial charge in [-0.25, -0.2) is 4.99 Å². The van der Waals surface area contributed by atoms with Gasteiger partial charge in [-0.05, 0) is 49.4 Å². The van der Waals surface area contributed by atoms with Crippen molar-refractivity contribution in [3.8, 4) is 11.5 Å². The van der Waals surface area contributed by atoms with Crippen molar-refractivity contribution in [2.45, 2.75) is 26.4 Å². The Kier molecular flexibility index (Phi) is 8.14. The van der Waals surface area contributed by atoms with Crippen molar-refractivity contribution in [2.24, 2.45) is 4.99 Å². The lowest BCUT2D eigenvalue weighted by atomic mass is 10.1. The van der Waals surface area contributed by atoms with Gasteiger partial charge in [0.05, 0.1) is 37.0 Å². The first-order valence-electron chi connectivity index (χ1n) is 10.2. The quantitative estimate of drug-likeness (QED) is 0.506. The first-order chi connectivity index (χ1) is 15.1. The Hall–Kier alpha value is -2.77. The molecule has 1 aliphatic heterocycles. The van der Waals surface area contributed by atoms with Crippen LogP contribution < -0.4 is 9.47 Å². The highest BCUT2D eigenvalue weighted by Crippen LogP contribution is 2.38. The lowest BCUT2D eigenvalue weighted by Crippen LogP contribution is -2.32. The number of para-hydroxylation sites is 2. The SMILES string of the molecule is CC[C@@H](C)Oc1c(/C=C2\SC(=Nc3ccccc3)N(CCOC)C2=O)cccc1OC. The van der Waals surface area contributed by atoms with E-state index in [9.17, 15) is 4.79 Å². The number of nitrogens with zero attached hydrogens (tertiary/aromatic N) is 2. The monoisotopic (exact) mass is 440 g/mol. The highest BCUT2D eigenvalue weighted by molar-refractivity contribution is 8.18. The van der Waals surface area contributed by atoms with Gasteiger partial charge < -0.3 is 14.2 Å². The zero-order valence-corrected chi connectivity index (χ0v) is 19.1. The summed E-state index contributed by atoms with van der Waals surface area (Å²) in [6.07, 6.45) is 2.73. The van der Waals surface area contributed by atoms with E-state index in [4.69, 9.17) is 14.2 Å². The maximum Gasteiger partial charge on any atom is 0.266 e. The number of hydrogen-bond acceptors (Lipinski definition) is 6. The van der Waals surface area contributed by atoms with Gasteiger partial charge in [-0.2, -0.15) is 0 Å². The molecule has 7 heteroatoms. The van der Waals surface area contributed by atoms with Crippen molar-refractivity contribution < 1.29 is 19.0 Å². The Labute approximate surface area is 187 Å². The topological polar surface area (TPSA) is 60.4 Å². The van der Waals surface area contributed by atoms with Crippen molar-refractivity contribution in [1.82, 2.24) is 4.90 Å². The average molecular weight is 441 g/mol. The number of hydrogen-bond donors (Lipinski definition) is 0. The van der Waals surface area contributed by atoms with E-state index in [1.54, 1.807) is 19.1 Å². The normalized spacial score (nSPS) is 17.4. The van der Waals surface area contributed by atoms with E-state index < -0.39 is 0 Å². The summed E-state index contributed by atoms with van der Waals surface area (Å²) in [6.45, 7) is 4.93. The van der Waals surface area contributed by atoms with Crippen molar-refractivity contribution in [3.05, 3.63) is 59.0 Å². The number of amides is 1. The molecule has 0 aliphatic carbocycles. The minimum absolute atomic E-state index is 0.0220. The predicted octanol–water partition coefficient (Wildman–Crippen LogP) is 5.12. The largest absolute Gasteiger partial charge is 0.493 e. The fraction of sp³-hybridized carbons (Fsp3) is 0.333. The van der Waals surface area contributed by atoms with Crippen LogP contribution >= 0.6 is 11.8 Å². The van der Waals surface area contributed by atoms with Gasteiger partial charge in [-0.15, -0.1) is 0 Å². The third kappa shape index (κ3) is 5.68. The van der Waals surface area contributed by atoms with Crippen molar-refractivity contribution in [2.75, 3.05) is 27.4 Å². The molecule has 0 bridgehead atoms. The highest BCUT2D eigenvalue weighted by Gasteiger charge is 2.33. The molecule has 0 saturated carbocycles. The number of rotatable bonds is 9. The third-order valence-electron chi connectivity index (χ3n) is 4.80. The Morgan fingerprint density at radius 2 is 1.90 bits per heavy atom. The lowest BCUT2D eigenvalue weighted by molar-refractivity contribution is -0.122. The first-order valence-corrected chi connectivity index (χ1v) is 11.1. The van der Waals surface area contributed by atoms with Gasteiger partial charge in [-0.1, -0.05) is 37.3 Å². The first kappa shape index (κ1) is 22.9. The number of ether oxygens (including phenoxy) is 3. The molecule has 0 radical (unpaired) electrons. The summed E-state index contributed by atoms with van der Waals surface area (Å²) in [5.74, 6) is 1.17. The minimum Gasteiger partial charge on any atom is -0.493 e. The molecule has 31 heavy (non-hydrogen) atoms. The minimum atomic E-state index is -0.103. The van der Waals surface area contributed by atoms with E-state index in [2.05, 4.69) is 11.9 Å². The molecule has 164 valence electrons. The Balaban J connectivity index is 1.99. The lowest BCUT2D eigenvalue weighted by Gasteiger charge is -2.18. The molecule has 3 rings (SSSR count). The summed E-state index contributed by atoms with van der Waals surface area (Å²) in [5.41, 5.74) is 1.59. The number of thioether (sulfide) groups is 1. The second-order valence-corrected chi connectivity index (χ2v) is 8.01. The zero-order valence-electron chi connectivity index (χ0n) is 18.3. The molecular weight excluding hydrogens is 412 g/mol. The van der Waals surface area contributed by atoms with Crippen LogP contribution in [0.4, 0.5) is 5.69 Å².